The fraction of sp³-hybridized carbons (Fsp3) is 0.333. The van der Waals surface area contributed by atoms with Gasteiger partial charge in [0.25, 0.3) is 0 Å². The lowest BCUT2D eigenvalue weighted by atomic mass is 10.3. The van der Waals surface area contributed by atoms with Crippen LogP contribution in [0.3, 0.4) is 0 Å². The summed E-state index contributed by atoms with van der Waals surface area (Å²) >= 11 is 0. The van der Waals surface area contributed by atoms with Crippen molar-refractivity contribution in [3.63, 3.8) is 0 Å². The quantitative estimate of drug-likeness (QED) is 0.626. The summed E-state index contributed by atoms with van der Waals surface area (Å²) in [6.07, 6.45) is 2.95. The average Bonchev–Trinajstić information content (AvgIpc) is 2.14. The molecule has 0 bridgehead atoms. The van der Waals surface area contributed by atoms with Crippen LogP contribution in [-0.2, 0) is 18.3 Å². The van der Waals surface area contributed by atoms with E-state index in [1.165, 1.54) is 19.3 Å². The number of pyridine rings is 1. The minimum atomic E-state index is -2.15. The van der Waals surface area contributed by atoms with Crippen molar-refractivity contribution in [1.82, 2.24) is 5.32 Å². The summed E-state index contributed by atoms with van der Waals surface area (Å²) in [6.45, 7) is -0.296. The molecule has 0 saturated heterocycles. The first-order chi connectivity index (χ1) is 6.89. The van der Waals surface area contributed by atoms with Crippen LogP contribution in [0.2, 0.25) is 0 Å². The average molecular weight is 168 g/mol. The van der Waals surface area contributed by atoms with E-state index in [4.69, 9.17) is 4.11 Å². The number of nitrogens with zero attached hydrogens (tertiary/aromatic N) is 1. The van der Waals surface area contributed by atoms with Crippen LogP contribution in [0.4, 0.5) is 0 Å². The summed E-state index contributed by atoms with van der Waals surface area (Å²) in [5, 5.41) is 2.63. The molecule has 3 heteroatoms. The fourth-order valence-corrected chi connectivity index (χ4v) is 0.802. The fourth-order valence-electron chi connectivity index (χ4n) is 0.802. The Morgan fingerprint density at radius 2 is 2.33 bits per heavy atom. The smallest absolute Gasteiger partial charge is 0.217 e. The van der Waals surface area contributed by atoms with E-state index in [2.05, 4.69) is 5.32 Å². The van der Waals surface area contributed by atoms with Crippen LogP contribution in [0.5, 0.6) is 0 Å². The van der Waals surface area contributed by atoms with Gasteiger partial charge in [0.15, 0.2) is 12.4 Å². The summed E-state index contributed by atoms with van der Waals surface area (Å²) in [5.74, 6) is -0.109. The first-order valence-electron chi connectivity index (χ1n) is 5.15. The van der Waals surface area contributed by atoms with E-state index in [1.807, 2.05) is 0 Å². The molecule has 3 nitrogen and oxygen atoms in total. The van der Waals surface area contributed by atoms with Crippen LogP contribution < -0.4 is 9.88 Å². The van der Waals surface area contributed by atoms with E-state index in [0.29, 0.717) is 6.54 Å². The Morgan fingerprint density at radius 3 is 2.83 bits per heavy atom. The van der Waals surface area contributed by atoms with Gasteiger partial charge in [-0.05, 0) is 5.56 Å². The largest absolute Gasteiger partial charge is 0.352 e. The van der Waals surface area contributed by atoms with Crippen molar-refractivity contribution in [3.8, 4) is 0 Å². The monoisotopic (exact) mass is 168 g/mol. The van der Waals surface area contributed by atoms with Gasteiger partial charge in [0, 0.05) is 25.6 Å². The Kier molecular flexibility index (Phi) is 1.70. The molecule has 0 saturated carbocycles. The number of carbonyl (C=O) groups excluding carboxylic acids is 1. The van der Waals surface area contributed by atoms with Gasteiger partial charge in [-0.3, -0.25) is 4.79 Å². The summed E-state index contributed by atoms with van der Waals surface area (Å²) < 4.78 is 22.6. The van der Waals surface area contributed by atoms with Crippen molar-refractivity contribution in [3.05, 3.63) is 30.1 Å². The number of carbonyl (C=O) groups is 1. The molecule has 0 radical (unpaired) electrons. The number of aryl methyl sites for hydroxylation is 1. The van der Waals surface area contributed by atoms with Crippen LogP contribution in [0.1, 0.15) is 16.6 Å². The maximum absolute atomic E-state index is 10.6. The highest BCUT2D eigenvalue weighted by Gasteiger charge is 1.96. The lowest BCUT2D eigenvalue weighted by Gasteiger charge is -1.99. The van der Waals surface area contributed by atoms with Crippen molar-refractivity contribution < 1.29 is 13.5 Å². The van der Waals surface area contributed by atoms with Gasteiger partial charge in [0.2, 0.25) is 5.91 Å². The SMILES string of the molecule is [2H]C([2H])([2H])[n+]1ccc(CNC(C)=O)cc1. The zero-order valence-electron chi connectivity index (χ0n) is 9.87. The molecule has 0 aliphatic heterocycles. The van der Waals surface area contributed by atoms with Gasteiger partial charge in [-0.1, -0.05) is 0 Å². The maximum atomic E-state index is 10.6. The highest BCUT2D eigenvalue weighted by molar-refractivity contribution is 5.72. The summed E-state index contributed by atoms with van der Waals surface area (Å²) in [5.41, 5.74) is 0.866. The number of nitrogens with one attached hydrogen (secondary N) is 1. The van der Waals surface area contributed by atoms with Gasteiger partial charge in [0.05, 0.1) is 0 Å². The van der Waals surface area contributed by atoms with E-state index in [9.17, 15) is 4.79 Å². The standard InChI is InChI=1S/C9H12N2O/c1-8(12)10-7-9-3-5-11(2)6-4-9/h3-6H,7H2,1-2H3/p+1/i2D3. The van der Waals surface area contributed by atoms with E-state index < -0.39 is 6.98 Å². The minimum Gasteiger partial charge on any atom is -0.352 e. The van der Waals surface area contributed by atoms with E-state index in [1.54, 1.807) is 12.1 Å². The second-order valence-corrected chi connectivity index (χ2v) is 2.52. The topological polar surface area (TPSA) is 33.0 Å². The number of aromatic nitrogens is 1. The third kappa shape index (κ3) is 2.70. The molecule has 0 unspecified atom stereocenters. The van der Waals surface area contributed by atoms with Crippen LogP contribution in [-0.4, -0.2) is 5.91 Å². The Balaban J connectivity index is 2.69. The number of rotatable bonds is 2. The molecule has 0 spiro atoms. The molecule has 1 amide bonds. The van der Waals surface area contributed by atoms with Gasteiger partial charge in [-0.15, -0.1) is 0 Å². The Labute approximate surface area is 76.2 Å². The van der Waals surface area contributed by atoms with E-state index in [0.717, 1.165) is 10.1 Å². The van der Waals surface area contributed by atoms with Gasteiger partial charge in [0.1, 0.15) is 11.1 Å². The number of amides is 1. The highest BCUT2D eigenvalue weighted by Crippen LogP contribution is 1.92. The molecule has 0 fully saturated rings. The molecule has 1 aromatic rings. The van der Waals surface area contributed by atoms with Gasteiger partial charge < -0.3 is 5.32 Å². The molecule has 0 aliphatic rings. The molecule has 1 heterocycles. The molecular weight excluding hydrogens is 152 g/mol. The first-order valence-corrected chi connectivity index (χ1v) is 3.65. The summed E-state index contributed by atoms with van der Waals surface area (Å²) in [6, 6.07) is 3.34. The molecular formula is C9H13N2O+. The predicted molar refractivity (Wildman–Crippen MR) is 45.1 cm³/mol. The normalized spacial score (nSPS) is 14.2. The maximum Gasteiger partial charge on any atom is 0.217 e. The lowest BCUT2D eigenvalue weighted by molar-refractivity contribution is -0.671. The minimum absolute atomic E-state index is 0.109. The molecule has 0 aromatic carbocycles. The third-order valence-corrected chi connectivity index (χ3v) is 1.44. The third-order valence-electron chi connectivity index (χ3n) is 1.44. The van der Waals surface area contributed by atoms with Crippen molar-refractivity contribution in [1.29, 1.82) is 0 Å². The Morgan fingerprint density at radius 1 is 1.67 bits per heavy atom. The van der Waals surface area contributed by atoms with Crippen LogP contribution >= 0.6 is 0 Å². The van der Waals surface area contributed by atoms with Gasteiger partial charge >= 0.3 is 0 Å². The van der Waals surface area contributed by atoms with Gasteiger partial charge in [-0.25, -0.2) is 4.57 Å². The second-order valence-electron chi connectivity index (χ2n) is 2.52. The molecule has 0 atom stereocenters. The van der Waals surface area contributed by atoms with E-state index >= 15 is 0 Å². The molecule has 1 aromatic heterocycles. The summed E-state index contributed by atoms with van der Waals surface area (Å²) in [7, 11) is 0. The van der Waals surface area contributed by atoms with E-state index in [-0.39, 0.29) is 5.91 Å². The lowest BCUT2D eigenvalue weighted by Crippen LogP contribution is -2.27. The molecule has 1 rings (SSSR count). The predicted octanol–water partition coefficient (Wildman–Crippen LogP) is 0.147. The molecule has 64 valence electrons. The number of hydrogen-bond acceptors (Lipinski definition) is 1. The summed E-state index contributed by atoms with van der Waals surface area (Å²) in [4.78, 5) is 10.6. The Bertz CT molecular complexity index is 345. The second kappa shape index (κ2) is 3.85. The van der Waals surface area contributed by atoms with Crippen molar-refractivity contribution in [2.45, 2.75) is 13.5 Å². The van der Waals surface area contributed by atoms with Crippen LogP contribution in [0.25, 0.3) is 0 Å². The van der Waals surface area contributed by atoms with Crippen molar-refractivity contribution >= 4 is 5.91 Å². The molecule has 1 N–H and O–H groups in total. The van der Waals surface area contributed by atoms with Crippen molar-refractivity contribution in [2.75, 3.05) is 0 Å². The van der Waals surface area contributed by atoms with Crippen LogP contribution in [0.15, 0.2) is 24.5 Å². The zero-order chi connectivity index (χ0) is 11.5. The molecule has 12 heavy (non-hydrogen) atoms. The Hall–Kier alpha value is -1.38. The molecule has 0 aliphatic carbocycles. The zero-order valence-corrected chi connectivity index (χ0v) is 6.87. The number of hydrogen-bond donors (Lipinski definition) is 1. The van der Waals surface area contributed by atoms with Crippen molar-refractivity contribution in [2.24, 2.45) is 6.98 Å². The van der Waals surface area contributed by atoms with Crippen LogP contribution in [0, 0.1) is 0 Å². The highest BCUT2D eigenvalue weighted by atomic mass is 16.1. The van der Waals surface area contributed by atoms with Gasteiger partial charge in [-0.2, -0.15) is 0 Å². The first kappa shape index (κ1) is 5.30.